The van der Waals surface area contributed by atoms with Crippen LogP contribution in [0.3, 0.4) is 0 Å². The lowest BCUT2D eigenvalue weighted by molar-refractivity contribution is -0.135. The number of carbonyl (C=O) groups excluding carboxylic acids is 3. The number of carbonyl (C=O) groups is 3. The predicted octanol–water partition coefficient (Wildman–Crippen LogP) is 3.56. The second-order valence-electron chi connectivity index (χ2n) is 6.19. The third-order valence-electron chi connectivity index (χ3n) is 3.66. The van der Waals surface area contributed by atoms with Crippen molar-refractivity contribution in [3.05, 3.63) is 53.1 Å². The Labute approximate surface area is 158 Å². The standard InChI is InChI=1S/C21H22O6/c1-13-5-7-17(8-6-13)9-10-18-11-19(25-14(2)22)21(27-16(4)24)20(12-18)26-15(3)23/h5-8,11-12H,9-10H2,1-4H3. The van der Waals surface area contributed by atoms with Crippen molar-refractivity contribution in [2.45, 2.75) is 40.5 Å². The van der Waals surface area contributed by atoms with Crippen LogP contribution in [0, 0.1) is 6.92 Å². The van der Waals surface area contributed by atoms with Crippen molar-refractivity contribution < 1.29 is 28.6 Å². The molecular formula is C21H22O6. The highest BCUT2D eigenvalue weighted by molar-refractivity contribution is 5.77. The minimum Gasteiger partial charge on any atom is -0.423 e. The van der Waals surface area contributed by atoms with Gasteiger partial charge in [-0.3, -0.25) is 14.4 Å². The molecule has 27 heavy (non-hydrogen) atoms. The van der Waals surface area contributed by atoms with Crippen molar-refractivity contribution in [3.63, 3.8) is 0 Å². The van der Waals surface area contributed by atoms with Crippen molar-refractivity contribution in [3.8, 4) is 17.2 Å². The Morgan fingerprint density at radius 3 is 1.59 bits per heavy atom. The van der Waals surface area contributed by atoms with Crippen LogP contribution in [0.4, 0.5) is 0 Å². The van der Waals surface area contributed by atoms with Crippen LogP contribution in [0.1, 0.15) is 37.5 Å². The van der Waals surface area contributed by atoms with Crippen LogP contribution in [0.15, 0.2) is 36.4 Å². The lowest BCUT2D eigenvalue weighted by Gasteiger charge is -2.15. The number of rotatable bonds is 6. The van der Waals surface area contributed by atoms with Gasteiger partial charge in [-0.1, -0.05) is 29.8 Å². The van der Waals surface area contributed by atoms with Crippen molar-refractivity contribution >= 4 is 17.9 Å². The van der Waals surface area contributed by atoms with Crippen molar-refractivity contribution in [2.75, 3.05) is 0 Å². The van der Waals surface area contributed by atoms with Crippen LogP contribution in [-0.2, 0) is 27.2 Å². The number of aryl methyl sites for hydroxylation is 3. The fraction of sp³-hybridized carbons (Fsp3) is 0.286. The summed E-state index contributed by atoms with van der Waals surface area (Å²) < 4.78 is 15.5. The summed E-state index contributed by atoms with van der Waals surface area (Å²) >= 11 is 0. The zero-order valence-corrected chi connectivity index (χ0v) is 15.8. The molecule has 2 aromatic rings. The number of benzene rings is 2. The quantitative estimate of drug-likeness (QED) is 0.571. The highest BCUT2D eigenvalue weighted by Crippen LogP contribution is 2.39. The summed E-state index contributed by atoms with van der Waals surface area (Å²) in [6.07, 6.45) is 1.36. The van der Waals surface area contributed by atoms with Gasteiger partial charge >= 0.3 is 17.9 Å². The van der Waals surface area contributed by atoms with Gasteiger partial charge in [-0.25, -0.2) is 0 Å². The second-order valence-corrected chi connectivity index (χ2v) is 6.19. The average Bonchev–Trinajstić information content (AvgIpc) is 2.56. The summed E-state index contributed by atoms with van der Waals surface area (Å²) in [6, 6.07) is 11.4. The van der Waals surface area contributed by atoms with Gasteiger partial charge in [0, 0.05) is 20.8 Å². The van der Waals surface area contributed by atoms with E-state index in [1.165, 1.54) is 26.3 Å². The summed E-state index contributed by atoms with van der Waals surface area (Å²) in [4.78, 5) is 34.3. The maximum absolute atomic E-state index is 11.4. The Morgan fingerprint density at radius 2 is 1.15 bits per heavy atom. The Bertz CT molecular complexity index is 814. The Kier molecular flexibility index (Phi) is 6.71. The molecule has 0 N–H and O–H groups in total. The van der Waals surface area contributed by atoms with Gasteiger partial charge in [0.05, 0.1) is 0 Å². The van der Waals surface area contributed by atoms with Gasteiger partial charge in [0.2, 0.25) is 5.75 Å². The second kappa shape index (κ2) is 8.98. The molecule has 0 aliphatic rings. The molecule has 0 saturated carbocycles. The van der Waals surface area contributed by atoms with E-state index in [0.717, 1.165) is 17.5 Å². The first-order chi connectivity index (χ1) is 12.7. The van der Waals surface area contributed by atoms with E-state index in [0.29, 0.717) is 6.42 Å². The van der Waals surface area contributed by atoms with Crippen LogP contribution >= 0.6 is 0 Å². The van der Waals surface area contributed by atoms with Crippen LogP contribution < -0.4 is 14.2 Å². The predicted molar refractivity (Wildman–Crippen MR) is 99.0 cm³/mol. The third kappa shape index (κ3) is 6.26. The number of ether oxygens (including phenoxy) is 3. The van der Waals surface area contributed by atoms with Crippen LogP contribution in [0.2, 0.25) is 0 Å². The van der Waals surface area contributed by atoms with Gasteiger partial charge in [0.15, 0.2) is 11.5 Å². The highest BCUT2D eigenvalue weighted by Gasteiger charge is 2.20. The molecule has 0 aliphatic carbocycles. The summed E-state index contributed by atoms with van der Waals surface area (Å²) in [5.74, 6) is -1.79. The minimum atomic E-state index is -0.621. The van der Waals surface area contributed by atoms with Crippen LogP contribution in [-0.4, -0.2) is 17.9 Å². The largest absolute Gasteiger partial charge is 0.423 e. The summed E-state index contributed by atoms with van der Waals surface area (Å²) in [5.41, 5.74) is 3.10. The van der Waals surface area contributed by atoms with Gasteiger partial charge in [-0.05, 0) is 43.0 Å². The summed E-state index contributed by atoms with van der Waals surface area (Å²) in [7, 11) is 0. The van der Waals surface area contributed by atoms with E-state index in [1.54, 1.807) is 12.1 Å². The van der Waals surface area contributed by atoms with Crippen molar-refractivity contribution in [2.24, 2.45) is 0 Å². The molecule has 2 rings (SSSR count). The monoisotopic (exact) mass is 370 g/mol. The summed E-state index contributed by atoms with van der Waals surface area (Å²) in [5, 5.41) is 0. The zero-order chi connectivity index (χ0) is 20.0. The Balaban J connectivity index is 2.37. The summed E-state index contributed by atoms with van der Waals surface area (Å²) in [6.45, 7) is 5.71. The van der Waals surface area contributed by atoms with E-state index >= 15 is 0 Å². The van der Waals surface area contributed by atoms with Gasteiger partial charge in [-0.15, -0.1) is 0 Å². The molecule has 142 valence electrons. The topological polar surface area (TPSA) is 78.9 Å². The van der Waals surface area contributed by atoms with Crippen LogP contribution in [0.5, 0.6) is 17.2 Å². The Hall–Kier alpha value is -3.15. The fourth-order valence-corrected chi connectivity index (χ4v) is 2.52. The van der Waals surface area contributed by atoms with Gasteiger partial charge in [-0.2, -0.15) is 0 Å². The third-order valence-corrected chi connectivity index (χ3v) is 3.66. The van der Waals surface area contributed by atoms with Crippen molar-refractivity contribution in [1.82, 2.24) is 0 Å². The molecule has 0 radical (unpaired) electrons. The number of hydrogen-bond donors (Lipinski definition) is 0. The molecule has 0 amide bonds. The molecule has 0 unspecified atom stereocenters. The first-order valence-electron chi connectivity index (χ1n) is 8.52. The highest BCUT2D eigenvalue weighted by atomic mass is 16.6. The molecule has 0 fully saturated rings. The van der Waals surface area contributed by atoms with Gasteiger partial charge in [0.1, 0.15) is 0 Å². The van der Waals surface area contributed by atoms with Crippen LogP contribution in [0.25, 0.3) is 0 Å². The van der Waals surface area contributed by atoms with E-state index in [4.69, 9.17) is 14.2 Å². The molecule has 2 aromatic carbocycles. The minimum absolute atomic E-state index is 0.0374. The molecule has 0 aromatic heterocycles. The first kappa shape index (κ1) is 20.2. The van der Waals surface area contributed by atoms with E-state index in [1.807, 2.05) is 31.2 Å². The zero-order valence-electron chi connectivity index (χ0n) is 15.8. The van der Waals surface area contributed by atoms with E-state index in [2.05, 4.69) is 0 Å². The number of hydrogen-bond acceptors (Lipinski definition) is 6. The molecule has 0 saturated heterocycles. The van der Waals surface area contributed by atoms with Crippen molar-refractivity contribution in [1.29, 1.82) is 0 Å². The SMILES string of the molecule is CC(=O)Oc1cc(CCc2ccc(C)cc2)cc(OC(C)=O)c1OC(C)=O. The van der Waals surface area contributed by atoms with E-state index in [9.17, 15) is 14.4 Å². The fourth-order valence-electron chi connectivity index (χ4n) is 2.52. The Morgan fingerprint density at radius 1 is 0.704 bits per heavy atom. The maximum Gasteiger partial charge on any atom is 0.308 e. The van der Waals surface area contributed by atoms with E-state index in [-0.39, 0.29) is 17.2 Å². The molecule has 0 heterocycles. The molecule has 0 aliphatic heterocycles. The smallest absolute Gasteiger partial charge is 0.308 e. The maximum atomic E-state index is 11.4. The molecular weight excluding hydrogens is 348 g/mol. The van der Waals surface area contributed by atoms with Gasteiger partial charge < -0.3 is 14.2 Å². The molecule has 0 spiro atoms. The average molecular weight is 370 g/mol. The number of esters is 3. The first-order valence-corrected chi connectivity index (χ1v) is 8.52. The van der Waals surface area contributed by atoms with Gasteiger partial charge in [0.25, 0.3) is 0 Å². The molecule has 0 bridgehead atoms. The molecule has 6 nitrogen and oxygen atoms in total. The lowest BCUT2D eigenvalue weighted by Crippen LogP contribution is -2.11. The normalized spacial score (nSPS) is 10.2. The molecule has 0 atom stereocenters. The van der Waals surface area contributed by atoms with E-state index < -0.39 is 17.9 Å². The lowest BCUT2D eigenvalue weighted by atomic mass is 10.0. The molecule has 6 heteroatoms.